The van der Waals surface area contributed by atoms with E-state index in [1.165, 1.54) is 18.9 Å². The first-order valence-electron chi connectivity index (χ1n) is 7.94. The second kappa shape index (κ2) is 8.13. The average Bonchev–Trinajstić information content (AvgIpc) is 2.99. The van der Waals surface area contributed by atoms with E-state index >= 15 is 0 Å². The van der Waals surface area contributed by atoms with E-state index in [9.17, 15) is 9.18 Å². The maximum absolute atomic E-state index is 13.2. The van der Waals surface area contributed by atoms with E-state index in [1.807, 2.05) is 11.0 Å². The maximum atomic E-state index is 13.2. The lowest BCUT2D eigenvalue weighted by molar-refractivity contribution is -0.133. The number of nitrogens with zero attached hydrogens (tertiary/aromatic N) is 1. The maximum Gasteiger partial charge on any atom is 0.222 e. The number of carbonyl (C=O) groups is 1. The van der Waals surface area contributed by atoms with Gasteiger partial charge in [0.2, 0.25) is 5.91 Å². The van der Waals surface area contributed by atoms with E-state index in [1.54, 1.807) is 12.1 Å². The molecule has 116 valence electrons. The first-order valence-corrected chi connectivity index (χ1v) is 7.94. The van der Waals surface area contributed by atoms with Gasteiger partial charge in [0.05, 0.1) is 0 Å². The van der Waals surface area contributed by atoms with Gasteiger partial charge in [-0.05, 0) is 49.9 Å². The highest BCUT2D eigenvalue weighted by Gasteiger charge is 2.25. The first kappa shape index (κ1) is 16.0. The summed E-state index contributed by atoms with van der Waals surface area (Å²) in [5.74, 6) is -0.0156. The van der Waals surface area contributed by atoms with Crippen molar-refractivity contribution >= 4 is 5.91 Å². The van der Waals surface area contributed by atoms with Gasteiger partial charge in [-0.1, -0.05) is 25.0 Å². The molecular weight excluding hydrogens is 267 g/mol. The van der Waals surface area contributed by atoms with Crippen LogP contribution in [-0.4, -0.2) is 29.9 Å². The lowest BCUT2D eigenvalue weighted by atomic mass is 10.1. The number of nitrogens with two attached hydrogens (primary N) is 1. The number of rotatable bonds is 7. The number of halogens is 1. The molecule has 0 unspecified atom stereocenters. The lowest BCUT2D eigenvalue weighted by Crippen LogP contribution is -2.40. The summed E-state index contributed by atoms with van der Waals surface area (Å²) in [5.41, 5.74) is 6.45. The van der Waals surface area contributed by atoms with Gasteiger partial charge in [0.15, 0.2) is 0 Å². The third-order valence-electron chi connectivity index (χ3n) is 4.21. The fourth-order valence-electron chi connectivity index (χ4n) is 3.07. The molecule has 0 aliphatic heterocycles. The van der Waals surface area contributed by atoms with Gasteiger partial charge in [0, 0.05) is 19.0 Å². The number of amides is 1. The molecule has 0 spiro atoms. The van der Waals surface area contributed by atoms with Crippen LogP contribution in [-0.2, 0) is 11.2 Å². The van der Waals surface area contributed by atoms with E-state index in [2.05, 4.69) is 0 Å². The summed E-state index contributed by atoms with van der Waals surface area (Å²) < 4.78 is 13.2. The Morgan fingerprint density at radius 1 is 1.33 bits per heavy atom. The zero-order chi connectivity index (χ0) is 15.1. The molecule has 0 atom stereocenters. The van der Waals surface area contributed by atoms with Gasteiger partial charge in [0.1, 0.15) is 5.82 Å². The molecule has 0 heterocycles. The molecule has 3 nitrogen and oxygen atoms in total. The summed E-state index contributed by atoms with van der Waals surface area (Å²) in [6, 6.07) is 7.01. The summed E-state index contributed by atoms with van der Waals surface area (Å²) in [7, 11) is 0. The smallest absolute Gasteiger partial charge is 0.222 e. The number of benzene rings is 1. The minimum Gasteiger partial charge on any atom is -0.339 e. The van der Waals surface area contributed by atoms with Crippen molar-refractivity contribution in [2.24, 2.45) is 5.73 Å². The second-order valence-corrected chi connectivity index (χ2v) is 5.80. The van der Waals surface area contributed by atoms with Gasteiger partial charge < -0.3 is 10.6 Å². The van der Waals surface area contributed by atoms with Crippen molar-refractivity contribution in [2.45, 2.75) is 51.0 Å². The fourth-order valence-corrected chi connectivity index (χ4v) is 3.07. The fraction of sp³-hybridized carbons (Fsp3) is 0.588. The third kappa shape index (κ3) is 4.81. The van der Waals surface area contributed by atoms with E-state index in [0.29, 0.717) is 32.0 Å². The molecule has 0 radical (unpaired) electrons. The van der Waals surface area contributed by atoms with Gasteiger partial charge in [-0.15, -0.1) is 0 Å². The Morgan fingerprint density at radius 2 is 2.10 bits per heavy atom. The van der Waals surface area contributed by atoms with Crippen LogP contribution in [0, 0.1) is 5.82 Å². The van der Waals surface area contributed by atoms with Crippen LogP contribution in [0.3, 0.4) is 0 Å². The van der Waals surface area contributed by atoms with Crippen LogP contribution in [0.5, 0.6) is 0 Å². The van der Waals surface area contributed by atoms with Gasteiger partial charge in [-0.25, -0.2) is 4.39 Å². The molecule has 2 rings (SSSR count). The van der Waals surface area contributed by atoms with Crippen LogP contribution in [0.15, 0.2) is 24.3 Å². The second-order valence-electron chi connectivity index (χ2n) is 5.80. The summed E-state index contributed by atoms with van der Waals surface area (Å²) in [6.07, 6.45) is 6.56. The monoisotopic (exact) mass is 292 g/mol. The average molecular weight is 292 g/mol. The van der Waals surface area contributed by atoms with Gasteiger partial charge in [0.25, 0.3) is 0 Å². The molecule has 4 heteroatoms. The Hall–Kier alpha value is -1.42. The zero-order valence-electron chi connectivity index (χ0n) is 12.6. The van der Waals surface area contributed by atoms with E-state index < -0.39 is 0 Å². The van der Waals surface area contributed by atoms with Crippen molar-refractivity contribution in [3.05, 3.63) is 35.6 Å². The molecular formula is C17H25FN2O. The SMILES string of the molecule is NCCCC(=O)N(CCc1cccc(F)c1)C1CCCC1. The Morgan fingerprint density at radius 3 is 2.76 bits per heavy atom. The minimum atomic E-state index is -0.214. The molecule has 0 bridgehead atoms. The van der Waals surface area contributed by atoms with Crippen molar-refractivity contribution in [1.82, 2.24) is 4.90 Å². The standard InChI is InChI=1S/C17H25FN2O/c18-15-6-3-5-14(13-15)10-12-20(16-7-1-2-8-16)17(21)9-4-11-19/h3,5-6,13,16H,1-2,4,7-12,19H2. The first-order chi connectivity index (χ1) is 10.2. The van der Waals surface area contributed by atoms with Crippen LogP contribution in [0.4, 0.5) is 4.39 Å². The summed E-state index contributed by atoms with van der Waals surface area (Å²) in [5, 5.41) is 0. The molecule has 1 aromatic rings. The van der Waals surface area contributed by atoms with Crippen molar-refractivity contribution in [3.63, 3.8) is 0 Å². The molecule has 0 saturated heterocycles. The third-order valence-corrected chi connectivity index (χ3v) is 4.21. The quantitative estimate of drug-likeness (QED) is 0.840. The highest BCUT2D eigenvalue weighted by molar-refractivity contribution is 5.76. The van der Waals surface area contributed by atoms with Crippen molar-refractivity contribution in [1.29, 1.82) is 0 Å². The summed E-state index contributed by atoms with van der Waals surface area (Å²) >= 11 is 0. The normalized spacial score (nSPS) is 15.3. The van der Waals surface area contributed by atoms with Crippen LogP contribution in [0.25, 0.3) is 0 Å². The summed E-state index contributed by atoms with van der Waals surface area (Å²) in [6.45, 7) is 1.23. The Kier molecular flexibility index (Phi) is 6.18. The van der Waals surface area contributed by atoms with Crippen LogP contribution >= 0.6 is 0 Å². The molecule has 1 amide bonds. The molecule has 21 heavy (non-hydrogen) atoms. The van der Waals surface area contributed by atoms with E-state index in [0.717, 1.165) is 24.8 Å². The van der Waals surface area contributed by atoms with E-state index in [4.69, 9.17) is 5.73 Å². The molecule has 1 saturated carbocycles. The minimum absolute atomic E-state index is 0.198. The molecule has 1 aliphatic carbocycles. The number of hydrogen-bond acceptors (Lipinski definition) is 2. The van der Waals surface area contributed by atoms with Crippen molar-refractivity contribution in [3.8, 4) is 0 Å². The van der Waals surface area contributed by atoms with Gasteiger partial charge >= 0.3 is 0 Å². The van der Waals surface area contributed by atoms with Gasteiger partial charge in [-0.2, -0.15) is 0 Å². The lowest BCUT2D eigenvalue weighted by Gasteiger charge is -2.29. The molecule has 0 aromatic heterocycles. The number of carbonyl (C=O) groups excluding carboxylic acids is 1. The van der Waals surface area contributed by atoms with Crippen molar-refractivity contribution in [2.75, 3.05) is 13.1 Å². The topological polar surface area (TPSA) is 46.3 Å². The van der Waals surface area contributed by atoms with Crippen LogP contribution in [0.2, 0.25) is 0 Å². The van der Waals surface area contributed by atoms with E-state index in [-0.39, 0.29) is 11.7 Å². The number of hydrogen-bond donors (Lipinski definition) is 1. The predicted molar refractivity (Wildman–Crippen MR) is 82.4 cm³/mol. The highest BCUT2D eigenvalue weighted by atomic mass is 19.1. The largest absolute Gasteiger partial charge is 0.339 e. The van der Waals surface area contributed by atoms with Crippen LogP contribution < -0.4 is 5.73 Å². The Labute approximate surface area is 126 Å². The predicted octanol–water partition coefficient (Wildman–Crippen LogP) is 2.88. The Bertz CT molecular complexity index is 458. The molecule has 1 fully saturated rings. The molecule has 1 aliphatic rings. The van der Waals surface area contributed by atoms with Gasteiger partial charge in [-0.3, -0.25) is 4.79 Å². The van der Waals surface area contributed by atoms with Crippen LogP contribution in [0.1, 0.15) is 44.1 Å². The zero-order valence-corrected chi connectivity index (χ0v) is 12.6. The molecule has 2 N–H and O–H groups in total. The Balaban J connectivity index is 1.96. The highest BCUT2D eigenvalue weighted by Crippen LogP contribution is 2.24. The molecule has 1 aromatic carbocycles. The van der Waals surface area contributed by atoms with Crippen molar-refractivity contribution < 1.29 is 9.18 Å². The summed E-state index contributed by atoms with van der Waals surface area (Å²) in [4.78, 5) is 14.4.